The molecule has 0 aliphatic carbocycles. The highest BCUT2D eigenvalue weighted by atomic mass is 35.5. The summed E-state index contributed by atoms with van der Waals surface area (Å²) in [6.07, 6.45) is 3.77. The SMILES string of the molecule is Cc1c(Cl)ccn2cnc(CNSC(C)(C)C)c12. The van der Waals surface area contributed by atoms with Crippen molar-refractivity contribution in [2.75, 3.05) is 0 Å². The number of hydrogen-bond acceptors (Lipinski definition) is 3. The first-order valence-electron chi connectivity index (χ1n) is 5.90. The van der Waals surface area contributed by atoms with E-state index in [1.807, 2.05) is 29.9 Å². The molecule has 0 atom stereocenters. The Labute approximate surface area is 117 Å². The van der Waals surface area contributed by atoms with Gasteiger partial charge in [0.25, 0.3) is 0 Å². The van der Waals surface area contributed by atoms with Gasteiger partial charge in [0.1, 0.15) is 0 Å². The minimum absolute atomic E-state index is 0.197. The lowest BCUT2D eigenvalue weighted by Crippen LogP contribution is -2.17. The van der Waals surface area contributed by atoms with Gasteiger partial charge in [0.2, 0.25) is 0 Å². The van der Waals surface area contributed by atoms with Crippen molar-refractivity contribution in [3.63, 3.8) is 0 Å². The number of imidazole rings is 1. The van der Waals surface area contributed by atoms with E-state index >= 15 is 0 Å². The number of pyridine rings is 1. The molecule has 0 spiro atoms. The van der Waals surface area contributed by atoms with E-state index in [1.165, 1.54) is 0 Å². The highest BCUT2D eigenvalue weighted by Gasteiger charge is 2.13. The van der Waals surface area contributed by atoms with Crippen LogP contribution >= 0.6 is 23.5 Å². The van der Waals surface area contributed by atoms with Crippen molar-refractivity contribution in [3.05, 3.63) is 34.9 Å². The van der Waals surface area contributed by atoms with E-state index in [0.717, 1.165) is 28.3 Å². The van der Waals surface area contributed by atoms with Gasteiger partial charge in [-0.3, -0.25) is 4.72 Å². The number of aryl methyl sites for hydroxylation is 1. The van der Waals surface area contributed by atoms with E-state index in [-0.39, 0.29) is 4.75 Å². The minimum Gasteiger partial charge on any atom is -0.306 e. The molecular weight excluding hydrogens is 266 g/mol. The number of nitrogens with one attached hydrogen (secondary N) is 1. The van der Waals surface area contributed by atoms with Crippen molar-refractivity contribution in [2.24, 2.45) is 0 Å². The van der Waals surface area contributed by atoms with Gasteiger partial charge in [0.05, 0.1) is 24.1 Å². The third-order valence-corrected chi connectivity index (χ3v) is 3.89. The number of nitrogens with zero attached hydrogens (tertiary/aromatic N) is 2. The van der Waals surface area contributed by atoms with Crippen LogP contribution in [-0.4, -0.2) is 14.1 Å². The summed E-state index contributed by atoms with van der Waals surface area (Å²) in [4.78, 5) is 4.45. The molecule has 0 saturated heterocycles. The maximum atomic E-state index is 6.16. The average Bonchev–Trinajstić information content (AvgIpc) is 2.66. The molecule has 0 fully saturated rings. The summed E-state index contributed by atoms with van der Waals surface area (Å²) in [5.41, 5.74) is 3.21. The number of fused-ring (bicyclic) bond motifs is 1. The Hall–Kier alpha value is -0.710. The molecule has 0 saturated carbocycles. The molecule has 0 radical (unpaired) electrons. The molecule has 0 unspecified atom stereocenters. The predicted octanol–water partition coefficient (Wildman–Crippen LogP) is 3.83. The summed E-state index contributed by atoms with van der Waals surface area (Å²) in [6.45, 7) is 9.30. The number of halogens is 1. The zero-order valence-corrected chi connectivity index (χ0v) is 12.7. The molecule has 5 heteroatoms. The van der Waals surface area contributed by atoms with Crippen molar-refractivity contribution in [3.8, 4) is 0 Å². The van der Waals surface area contributed by atoms with Gasteiger partial charge in [-0.1, -0.05) is 23.5 Å². The number of rotatable bonds is 3. The van der Waals surface area contributed by atoms with Crippen LogP contribution in [0.1, 0.15) is 32.0 Å². The van der Waals surface area contributed by atoms with Crippen molar-refractivity contribution in [1.29, 1.82) is 0 Å². The highest BCUT2D eigenvalue weighted by Crippen LogP contribution is 2.24. The summed E-state index contributed by atoms with van der Waals surface area (Å²) < 4.78 is 5.57. The van der Waals surface area contributed by atoms with E-state index in [1.54, 1.807) is 11.9 Å². The Morgan fingerprint density at radius 3 is 2.83 bits per heavy atom. The fraction of sp³-hybridized carbons (Fsp3) is 0.462. The topological polar surface area (TPSA) is 29.3 Å². The van der Waals surface area contributed by atoms with Crippen LogP contribution in [-0.2, 0) is 6.54 Å². The monoisotopic (exact) mass is 283 g/mol. The first kappa shape index (κ1) is 13.7. The number of aromatic nitrogens is 2. The molecule has 2 rings (SSSR count). The Kier molecular flexibility index (Phi) is 3.90. The fourth-order valence-corrected chi connectivity index (χ4v) is 2.54. The fourth-order valence-electron chi connectivity index (χ4n) is 1.76. The van der Waals surface area contributed by atoms with E-state index in [9.17, 15) is 0 Å². The van der Waals surface area contributed by atoms with E-state index < -0.39 is 0 Å². The smallest absolute Gasteiger partial charge is 0.0996 e. The molecular formula is C13H18ClN3S. The summed E-state index contributed by atoms with van der Waals surface area (Å²) in [7, 11) is 0. The Morgan fingerprint density at radius 1 is 1.44 bits per heavy atom. The molecule has 98 valence electrons. The first-order valence-corrected chi connectivity index (χ1v) is 7.09. The molecule has 1 N–H and O–H groups in total. The van der Waals surface area contributed by atoms with E-state index in [0.29, 0.717) is 0 Å². The molecule has 0 bridgehead atoms. The highest BCUT2D eigenvalue weighted by molar-refractivity contribution is 7.98. The summed E-state index contributed by atoms with van der Waals surface area (Å²) in [5.74, 6) is 0. The third kappa shape index (κ3) is 2.99. The van der Waals surface area contributed by atoms with Crippen LogP contribution < -0.4 is 4.72 Å². The third-order valence-electron chi connectivity index (χ3n) is 2.58. The van der Waals surface area contributed by atoms with Gasteiger partial charge in [-0.25, -0.2) is 4.98 Å². The molecule has 2 aromatic heterocycles. The van der Waals surface area contributed by atoms with Gasteiger partial charge in [-0.15, -0.1) is 0 Å². The van der Waals surface area contributed by atoms with Crippen LogP contribution in [0.15, 0.2) is 18.6 Å². The predicted molar refractivity (Wildman–Crippen MR) is 79.1 cm³/mol. The maximum absolute atomic E-state index is 6.16. The summed E-state index contributed by atoms with van der Waals surface area (Å²) >= 11 is 7.87. The van der Waals surface area contributed by atoms with Crippen LogP contribution in [0.25, 0.3) is 5.52 Å². The lowest BCUT2D eigenvalue weighted by Gasteiger charge is -2.17. The van der Waals surface area contributed by atoms with Gasteiger partial charge in [-0.05, 0) is 39.3 Å². The van der Waals surface area contributed by atoms with Crippen LogP contribution in [0.4, 0.5) is 0 Å². The van der Waals surface area contributed by atoms with E-state index in [2.05, 4.69) is 30.5 Å². The molecule has 2 aromatic rings. The summed E-state index contributed by atoms with van der Waals surface area (Å²) in [5, 5.41) is 0.785. The molecule has 0 amide bonds. The largest absolute Gasteiger partial charge is 0.306 e. The Bertz CT molecular complexity index is 557. The second kappa shape index (κ2) is 5.11. The normalized spacial score (nSPS) is 12.3. The first-order chi connectivity index (χ1) is 8.38. The van der Waals surface area contributed by atoms with Crippen LogP contribution in [0, 0.1) is 6.92 Å². The van der Waals surface area contributed by atoms with Gasteiger partial charge in [0.15, 0.2) is 0 Å². The Balaban J connectivity index is 2.21. The second-order valence-electron chi connectivity index (χ2n) is 5.27. The maximum Gasteiger partial charge on any atom is 0.0996 e. The molecule has 2 heterocycles. The molecule has 0 aliphatic heterocycles. The van der Waals surface area contributed by atoms with Crippen molar-refractivity contribution in [2.45, 2.75) is 39.0 Å². The molecule has 0 aromatic carbocycles. The zero-order valence-electron chi connectivity index (χ0n) is 11.1. The van der Waals surface area contributed by atoms with Gasteiger partial charge in [-0.2, -0.15) is 0 Å². The van der Waals surface area contributed by atoms with Crippen LogP contribution in [0.2, 0.25) is 5.02 Å². The van der Waals surface area contributed by atoms with Crippen molar-refractivity contribution < 1.29 is 0 Å². The average molecular weight is 284 g/mol. The lowest BCUT2D eigenvalue weighted by atomic mass is 10.2. The second-order valence-corrected chi connectivity index (χ2v) is 7.40. The quantitative estimate of drug-likeness (QED) is 0.868. The van der Waals surface area contributed by atoms with Gasteiger partial charge in [0, 0.05) is 16.0 Å². The van der Waals surface area contributed by atoms with Crippen LogP contribution in [0.3, 0.4) is 0 Å². The lowest BCUT2D eigenvalue weighted by molar-refractivity contribution is 0.786. The standard InChI is InChI=1S/C13H18ClN3S/c1-9-10(14)5-6-17-8-15-11(12(9)17)7-16-18-13(2,3)4/h5-6,8,16H,7H2,1-4H3. The minimum atomic E-state index is 0.197. The Morgan fingerprint density at radius 2 is 2.17 bits per heavy atom. The van der Waals surface area contributed by atoms with Gasteiger partial charge < -0.3 is 4.40 Å². The number of hydrogen-bond donors (Lipinski definition) is 1. The van der Waals surface area contributed by atoms with Crippen molar-refractivity contribution >= 4 is 29.1 Å². The molecule has 3 nitrogen and oxygen atoms in total. The molecule has 18 heavy (non-hydrogen) atoms. The summed E-state index contributed by atoms with van der Waals surface area (Å²) in [6, 6.07) is 1.90. The van der Waals surface area contributed by atoms with E-state index in [4.69, 9.17) is 11.6 Å². The van der Waals surface area contributed by atoms with Gasteiger partial charge >= 0.3 is 0 Å². The molecule has 0 aliphatic rings. The van der Waals surface area contributed by atoms with Crippen LogP contribution in [0.5, 0.6) is 0 Å². The van der Waals surface area contributed by atoms with Crippen molar-refractivity contribution in [1.82, 2.24) is 14.1 Å². The zero-order chi connectivity index (χ0) is 13.3.